The molecular weight excluding hydrogens is 331 g/mol. The Morgan fingerprint density at radius 1 is 1.12 bits per heavy atom. The molecule has 1 atom stereocenters. The molecule has 6 heteroatoms. The molecule has 0 radical (unpaired) electrons. The zero-order chi connectivity index (χ0) is 18.3. The molecule has 1 aliphatic rings. The van der Waals surface area contributed by atoms with Crippen LogP contribution in [-0.4, -0.2) is 26.8 Å². The van der Waals surface area contributed by atoms with E-state index in [9.17, 15) is 9.60 Å². The highest BCUT2D eigenvalue weighted by Gasteiger charge is 2.34. The Balaban J connectivity index is 1.93. The first-order valence-corrected chi connectivity index (χ1v) is 8.55. The smallest absolute Gasteiger partial charge is 0.152 e. The molecule has 2 aromatic carbocycles. The Hall–Kier alpha value is -2.99. The SMILES string of the molecule is CCC1=NN=C(c2ccc(F)cc2)C(c2c(C)[nH]c3ccccc23)N1O. The summed E-state index contributed by atoms with van der Waals surface area (Å²) in [6.07, 6.45) is 0.550. The van der Waals surface area contributed by atoms with E-state index in [1.54, 1.807) is 12.1 Å². The van der Waals surface area contributed by atoms with E-state index in [0.29, 0.717) is 18.0 Å². The number of H-pyrrole nitrogens is 1. The molecule has 0 amide bonds. The van der Waals surface area contributed by atoms with Crippen LogP contribution < -0.4 is 0 Å². The minimum atomic E-state index is -0.524. The van der Waals surface area contributed by atoms with Crippen LogP contribution in [0.1, 0.15) is 36.2 Å². The molecule has 1 aliphatic heterocycles. The lowest BCUT2D eigenvalue weighted by Gasteiger charge is -2.32. The summed E-state index contributed by atoms with van der Waals surface area (Å²) in [5, 5.41) is 21.6. The van der Waals surface area contributed by atoms with Crippen molar-refractivity contribution >= 4 is 22.5 Å². The summed E-state index contributed by atoms with van der Waals surface area (Å²) in [5.74, 6) is 0.175. The number of hydrogen-bond donors (Lipinski definition) is 2. The highest BCUT2D eigenvalue weighted by Crippen LogP contribution is 2.35. The number of fused-ring (bicyclic) bond motifs is 1. The number of rotatable bonds is 3. The van der Waals surface area contributed by atoms with Crippen LogP contribution in [-0.2, 0) is 0 Å². The summed E-state index contributed by atoms with van der Waals surface area (Å²) in [6, 6.07) is 13.5. The Morgan fingerprint density at radius 3 is 2.58 bits per heavy atom. The number of aryl methyl sites for hydroxylation is 1. The number of hydrogen-bond acceptors (Lipinski definition) is 4. The topological polar surface area (TPSA) is 64.0 Å². The molecule has 2 heterocycles. The Morgan fingerprint density at radius 2 is 1.85 bits per heavy atom. The first-order chi connectivity index (χ1) is 12.6. The first kappa shape index (κ1) is 16.5. The van der Waals surface area contributed by atoms with Crippen LogP contribution in [0.4, 0.5) is 4.39 Å². The van der Waals surface area contributed by atoms with Crippen LogP contribution in [0.5, 0.6) is 0 Å². The molecule has 0 fully saturated rings. The lowest BCUT2D eigenvalue weighted by molar-refractivity contribution is -0.0373. The maximum atomic E-state index is 13.4. The van der Waals surface area contributed by atoms with Crippen molar-refractivity contribution in [1.82, 2.24) is 10.0 Å². The number of amidine groups is 1. The van der Waals surface area contributed by atoms with Gasteiger partial charge in [-0.1, -0.05) is 37.3 Å². The van der Waals surface area contributed by atoms with Crippen molar-refractivity contribution < 1.29 is 9.60 Å². The highest BCUT2D eigenvalue weighted by molar-refractivity contribution is 6.09. The van der Waals surface area contributed by atoms with Crippen LogP contribution in [0.2, 0.25) is 0 Å². The second kappa shape index (κ2) is 6.38. The molecule has 0 bridgehead atoms. The fourth-order valence-electron chi connectivity index (χ4n) is 3.46. The number of hydroxylamine groups is 2. The lowest BCUT2D eigenvalue weighted by atomic mass is 9.93. The molecule has 1 unspecified atom stereocenters. The van der Waals surface area contributed by atoms with Gasteiger partial charge in [-0.15, -0.1) is 5.10 Å². The van der Waals surface area contributed by atoms with Gasteiger partial charge in [0.25, 0.3) is 0 Å². The van der Waals surface area contributed by atoms with E-state index in [1.807, 2.05) is 38.1 Å². The fraction of sp³-hybridized carbons (Fsp3) is 0.200. The van der Waals surface area contributed by atoms with Crippen molar-refractivity contribution in [2.75, 3.05) is 0 Å². The van der Waals surface area contributed by atoms with E-state index in [0.717, 1.165) is 27.7 Å². The van der Waals surface area contributed by atoms with Gasteiger partial charge in [-0.3, -0.25) is 5.21 Å². The number of aromatic amines is 1. The quantitative estimate of drug-likeness (QED) is 0.726. The van der Waals surface area contributed by atoms with Gasteiger partial charge in [0.2, 0.25) is 0 Å². The molecule has 0 aliphatic carbocycles. The second-order valence-electron chi connectivity index (χ2n) is 6.32. The minimum Gasteiger partial charge on any atom is -0.358 e. The average molecular weight is 350 g/mol. The monoisotopic (exact) mass is 350 g/mol. The highest BCUT2D eigenvalue weighted by atomic mass is 19.1. The molecule has 1 aromatic heterocycles. The van der Waals surface area contributed by atoms with Gasteiger partial charge in [-0.25, -0.2) is 9.45 Å². The summed E-state index contributed by atoms with van der Waals surface area (Å²) in [6.45, 7) is 3.89. The van der Waals surface area contributed by atoms with Crippen molar-refractivity contribution in [3.05, 3.63) is 71.2 Å². The standard InChI is InChI=1S/C20H19FN4O/c1-3-17-23-24-19(13-8-10-14(21)11-9-13)20(25(17)26)18-12(2)22-16-7-5-4-6-15(16)18/h4-11,20,22,26H,3H2,1-2H3. The number of para-hydroxylation sites is 1. The van der Waals surface area contributed by atoms with Crippen molar-refractivity contribution in [2.24, 2.45) is 10.2 Å². The number of nitrogens with one attached hydrogen (secondary N) is 1. The maximum Gasteiger partial charge on any atom is 0.152 e. The Bertz CT molecular complexity index is 1020. The lowest BCUT2D eigenvalue weighted by Crippen LogP contribution is -2.39. The van der Waals surface area contributed by atoms with Crippen molar-refractivity contribution in [1.29, 1.82) is 0 Å². The summed E-state index contributed by atoms with van der Waals surface area (Å²) in [4.78, 5) is 3.37. The second-order valence-corrected chi connectivity index (χ2v) is 6.32. The molecule has 2 N–H and O–H groups in total. The summed E-state index contributed by atoms with van der Waals surface area (Å²) in [5.41, 5.74) is 4.18. The summed E-state index contributed by atoms with van der Waals surface area (Å²) < 4.78 is 13.4. The van der Waals surface area contributed by atoms with E-state index < -0.39 is 6.04 Å². The third-order valence-electron chi connectivity index (χ3n) is 4.71. The van der Waals surface area contributed by atoms with Crippen LogP contribution >= 0.6 is 0 Å². The van der Waals surface area contributed by atoms with E-state index in [2.05, 4.69) is 15.2 Å². The molecule has 4 rings (SSSR count). The summed E-state index contributed by atoms with van der Waals surface area (Å²) in [7, 11) is 0. The molecule has 3 aromatic rings. The largest absolute Gasteiger partial charge is 0.358 e. The van der Waals surface area contributed by atoms with Gasteiger partial charge >= 0.3 is 0 Å². The van der Waals surface area contributed by atoms with E-state index in [4.69, 9.17) is 0 Å². The molecule has 132 valence electrons. The molecule has 26 heavy (non-hydrogen) atoms. The molecule has 0 saturated heterocycles. The average Bonchev–Trinajstić information content (AvgIpc) is 2.98. The van der Waals surface area contributed by atoms with Gasteiger partial charge in [-0.05, 0) is 25.1 Å². The Kier molecular flexibility index (Phi) is 4.05. The zero-order valence-corrected chi connectivity index (χ0v) is 14.6. The number of nitrogens with zero attached hydrogens (tertiary/aromatic N) is 3. The van der Waals surface area contributed by atoms with E-state index in [-0.39, 0.29) is 5.82 Å². The van der Waals surface area contributed by atoms with Gasteiger partial charge in [0, 0.05) is 34.1 Å². The third-order valence-corrected chi connectivity index (χ3v) is 4.71. The minimum absolute atomic E-state index is 0.316. The van der Waals surface area contributed by atoms with Gasteiger partial charge in [0.1, 0.15) is 17.6 Å². The molecule has 0 saturated carbocycles. The molecule has 0 spiro atoms. The van der Waals surface area contributed by atoms with Crippen LogP contribution in [0.15, 0.2) is 58.7 Å². The van der Waals surface area contributed by atoms with Crippen molar-refractivity contribution in [3.8, 4) is 0 Å². The number of benzene rings is 2. The molecule has 5 nitrogen and oxygen atoms in total. The van der Waals surface area contributed by atoms with Crippen LogP contribution in [0.25, 0.3) is 10.9 Å². The maximum absolute atomic E-state index is 13.4. The zero-order valence-electron chi connectivity index (χ0n) is 14.6. The molecular formula is C20H19FN4O. The van der Waals surface area contributed by atoms with Gasteiger partial charge < -0.3 is 4.98 Å². The van der Waals surface area contributed by atoms with E-state index >= 15 is 0 Å². The van der Waals surface area contributed by atoms with Crippen molar-refractivity contribution in [2.45, 2.75) is 26.3 Å². The van der Waals surface area contributed by atoms with E-state index in [1.165, 1.54) is 17.2 Å². The van der Waals surface area contributed by atoms with Gasteiger partial charge in [0.15, 0.2) is 5.84 Å². The Labute approximate surface area is 150 Å². The third kappa shape index (κ3) is 2.59. The van der Waals surface area contributed by atoms with Gasteiger partial charge in [0.05, 0.1) is 0 Å². The van der Waals surface area contributed by atoms with Crippen LogP contribution in [0, 0.1) is 12.7 Å². The fourth-order valence-corrected chi connectivity index (χ4v) is 3.46. The number of halogens is 1. The van der Waals surface area contributed by atoms with Crippen molar-refractivity contribution in [3.63, 3.8) is 0 Å². The first-order valence-electron chi connectivity index (χ1n) is 8.55. The predicted molar refractivity (Wildman–Crippen MR) is 100 cm³/mol. The predicted octanol–water partition coefficient (Wildman–Crippen LogP) is 4.57. The number of aromatic nitrogens is 1. The van der Waals surface area contributed by atoms with Crippen LogP contribution in [0.3, 0.4) is 0 Å². The normalized spacial score (nSPS) is 17.4. The van der Waals surface area contributed by atoms with Gasteiger partial charge in [-0.2, -0.15) is 5.10 Å². The summed E-state index contributed by atoms with van der Waals surface area (Å²) >= 11 is 0.